The van der Waals surface area contributed by atoms with Gasteiger partial charge in [-0.1, -0.05) is 31.2 Å². The Hall–Kier alpha value is -2.14. The third-order valence-electron chi connectivity index (χ3n) is 3.41. The lowest BCUT2D eigenvalue weighted by Gasteiger charge is -2.07. The van der Waals surface area contributed by atoms with E-state index in [1.165, 1.54) is 0 Å². The fourth-order valence-electron chi connectivity index (χ4n) is 2.21. The largest absolute Gasteiger partial charge is 0.347 e. The van der Waals surface area contributed by atoms with Crippen LogP contribution in [0.1, 0.15) is 41.2 Å². The van der Waals surface area contributed by atoms with Crippen LogP contribution in [-0.4, -0.2) is 15.7 Å². The fraction of sp³-hybridized carbons (Fsp3) is 0.375. The molecule has 2 rings (SSSR count). The van der Waals surface area contributed by atoms with Crippen molar-refractivity contribution in [2.45, 2.75) is 39.9 Å². The SMILES string of the molecule is CCc1cc(C(=O)NCc2cccc(CN)c2)n(CC)n1. The minimum Gasteiger partial charge on any atom is -0.347 e. The van der Waals surface area contributed by atoms with Crippen LogP contribution in [-0.2, 0) is 26.1 Å². The van der Waals surface area contributed by atoms with E-state index in [4.69, 9.17) is 5.73 Å². The maximum Gasteiger partial charge on any atom is 0.269 e. The van der Waals surface area contributed by atoms with Crippen molar-refractivity contribution in [3.05, 3.63) is 52.8 Å². The lowest BCUT2D eigenvalue weighted by atomic mass is 10.1. The monoisotopic (exact) mass is 286 g/mol. The van der Waals surface area contributed by atoms with Gasteiger partial charge in [0.1, 0.15) is 5.69 Å². The van der Waals surface area contributed by atoms with Gasteiger partial charge in [0, 0.05) is 19.6 Å². The first kappa shape index (κ1) is 15.3. The van der Waals surface area contributed by atoms with Gasteiger partial charge < -0.3 is 11.1 Å². The zero-order chi connectivity index (χ0) is 15.2. The third kappa shape index (κ3) is 3.70. The summed E-state index contributed by atoms with van der Waals surface area (Å²) in [4.78, 5) is 12.3. The molecule has 0 saturated carbocycles. The summed E-state index contributed by atoms with van der Waals surface area (Å²) in [6.45, 7) is 5.69. The number of hydrogen-bond donors (Lipinski definition) is 2. The zero-order valence-corrected chi connectivity index (χ0v) is 12.6. The number of benzene rings is 1. The lowest BCUT2D eigenvalue weighted by Crippen LogP contribution is -2.25. The van der Waals surface area contributed by atoms with Gasteiger partial charge in [-0.2, -0.15) is 5.10 Å². The molecule has 0 saturated heterocycles. The fourth-order valence-corrected chi connectivity index (χ4v) is 2.21. The zero-order valence-electron chi connectivity index (χ0n) is 12.6. The van der Waals surface area contributed by atoms with Crippen LogP contribution in [0.25, 0.3) is 0 Å². The van der Waals surface area contributed by atoms with Crippen molar-refractivity contribution in [3.8, 4) is 0 Å². The van der Waals surface area contributed by atoms with E-state index in [9.17, 15) is 4.79 Å². The Morgan fingerprint density at radius 3 is 2.71 bits per heavy atom. The maximum absolute atomic E-state index is 12.3. The molecule has 1 heterocycles. The smallest absolute Gasteiger partial charge is 0.269 e. The number of hydrogen-bond acceptors (Lipinski definition) is 3. The van der Waals surface area contributed by atoms with E-state index in [0.717, 1.165) is 23.2 Å². The number of aryl methyl sites for hydroxylation is 2. The van der Waals surface area contributed by atoms with Gasteiger partial charge in [0.25, 0.3) is 5.91 Å². The molecule has 3 N–H and O–H groups in total. The number of amides is 1. The highest BCUT2D eigenvalue weighted by Gasteiger charge is 2.13. The summed E-state index contributed by atoms with van der Waals surface area (Å²) in [5, 5.41) is 7.33. The predicted octanol–water partition coefficient (Wildman–Crippen LogP) is 1.85. The Morgan fingerprint density at radius 2 is 2.05 bits per heavy atom. The van der Waals surface area contributed by atoms with E-state index in [2.05, 4.69) is 10.4 Å². The van der Waals surface area contributed by atoms with E-state index < -0.39 is 0 Å². The highest BCUT2D eigenvalue weighted by molar-refractivity contribution is 5.92. The normalized spacial score (nSPS) is 10.6. The summed E-state index contributed by atoms with van der Waals surface area (Å²) < 4.78 is 1.74. The average molecular weight is 286 g/mol. The number of aromatic nitrogens is 2. The van der Waals surface area contributed by atoms with Gasteiger partial charge in [0.2, 0.25) is 0 Å². The molecule has 112 valence electrons. The van der Waals surface area contributed by atoms with Crippen molar-refractivity contribution >= 4 is 5.91 Å². The lowest BCUT2D eigenvalue weighted by molar-refractivity contribution is 0.0940. The van der Waals surface area contributed by atoms with Crippen molar-refractivity contribution in [2.24, 2.45) is 5.73 Å². The number of nitrogens with two attached hydrogens (primary N) is 1. The molecule has 0 spiro atoms. The van der Waals surface area contributed by atoms with E-state index in [1.54, 1.807) is 4.68 Å². The number of nitrogens with one attached hydrogen (secondary N) is 1. The van der Waals surface area contributed by atoms with Crippen LogP contribution in [0.3, 0.4) is 0 Å². The van der Waals surface area contributed by atoms with Crippen LogP contribution < -0.4 is 11.1 Å². The molecule has 0 aliphatic rings. The molecule has 5 heteroatoms. The summed E-state index contributed by atoms with van der Waals surface area (Å²) >= 11 is 0. The number of rotatable bonds is 6. The minimum atomic E-state index is -0.0952. The topological polar surface area (TPSA) is 72.9 Å². The second-order valence-corrected chi connectivity index (χ2v) is 4.90. The van der Waals surface area contributed by atoms with E-state index in [0.29, 0.717) is 25.3 Å². The molecule has 5 nitrogen and oxygen atoms in total. The molecule has 0 bridgehead atoms. The summed E-state index contributed by atoms with van der Waals surface area (Å²) in [5.74, 6) is -0.0952. The second kappa shape index (κ2) is 7.04. The Bertz CT molecular complexity index is 618. The van der Waals surface area contributed by atoms with Gasteiger partial charge >= 0.3 is 0 Å². The summed E-state index contributed by atoms with van der Waals surface area (Å²) in [7, 11) is 0. The summed E-state index contributed by atoms with van der Waals surface area (Å²) in [5.41, 5.74) is 9.28. The highest BCUT2D eigenvalue weighted by atomic mass is 16.2. The Balaban J connectivity index is 2.05. The highest BCUT2D eigenvalue weighted by Crippen LogP contribution is 2.08. The molecule has 0 aliphatic carbocycles. The average Bonchev–Trinajstić information content (AvgIpc) is 2.96. The molecule has 0 radical (unpaired) electrons. The Morgan fingerprint density at radius 1 is 1.29 bits per heavy atom. The van der Waals surface area contributed by atoms with Crippen molar-refractivity contribution < 1.29 is 4.79 Å². The van der Waals surface area contributed by atoms with Crippen LogP contribution in [0, 0.1) is 0 Å². The van der Waals surface area contributed by atoms with Crippen molar-refractivity contribution in [2.75, 3.05) is 0 Å². The molecule has 0 aliphatic heterocycles. The minimum absolute atomic E-state index is 0.0952. The molecule has 1 aromatic carbocycles. The first-order valence-corrected chi connectivity index (χ1v) is 7.30. The van der Waals surface area contributed by atoms with E-state index >= 15 is 0 Å². The molecule has 1 aromatic heterocycles. The van der Waals surface area contributed by atoms with Gasteiger partial charge in [-0.15, -0.1) is 0 Å². The molecule has 1 amide bonds. The van der Waals surface area contributed by atoms with Gasteiger partial charge in [0.05, 0.1) is 5.69 Å². The number of carbonyl (C=O) groups excluding carboxylic acids is 1. The first-order valence-electron chi connectivity index (χ1n) is 7.30. The van der Waals surface area contributed by atoms with Crippen LogP contribution in [0.5, 0.6) is 0 Å². The van der Waals surface area contributed by atoms with Crippen molar-refractivity contribution in [1.29, 1.82) is 0 Å². The first-order chi connectivity index (χ1) is 10.2. The quantitative estimate of drug-likeness (QED) is 0.851. The Kier molecular flexibility index (Phi) is 5.11. The predicted molar refractivity (Wildman–Crippen MR) is 82.8 cm³/mol. The number of nitrogens with zero attached hydrogens (tertiary/aromatic N) is 2. The van der Waals surface area contributed by atoms with Gasteiger partial charge in [0.15, 0.2) is 0 Å². The van der Waals surface area contributed by atoms with Crippen molar-refractivity contribution in [1.82, 2.24) is 15.1 Å². The van der Waals surface area contributed by atoms with Crippen LogP contribution >= 0.6 is 0 Å². The molecule has 0 atom stereocenters. The molecule has 21 heavy (non-hydrogen) atoms. The molecule has 2 aromatic rings. The van der Waals surface area contributed by atoms with Gasteiger partial charge in [-0.3, -0.25) is 9.48 Å². The van der Waals surface area contributed by atoms with E-state index in [1.807, 2.05) is 44.2 Å². The van der Waals surface area contributed by atoms with E-state index in [-0.39, 0.29) is 5.91 Å². The second-order valence-electron chi connectivity index (χ2n) is 4.90. The van der Waals surface area contributed by atoms with Crippen LogP contribution in [0.2, 0.25) is 0 Å². The maximum atomic E-state index is 12.3. The van der Waals surface area contributed by atoms with Gasteiger partial charge in [-0.25, -0.2) is 0 Å². The van der Waals surface area contributed by atoms with Gasteiger partial charge in [-0.05, 0) is 30.5 Å². The molecule has 0 unspecified atom stereocenters. The van der Waals surface area contributed by atoms with Crippen LogP contribution in [0.4, 0.5) is 0 Å². The Labute approximate surface area is 125 Å². The molecular formula is C16H22N4O. The standard InChI is InChI=1S/C16H22N4O/c1-3-14-9-15(20(4-2)19-14)16(21)18-11-13-7-5-6-12(8-13)10-17/h5-9H,3-4,10-11,17H2,1-2H3,(H,18,21). The third-order valence-corrected chi connectivity index (χ3v) is 3.41. The summed E-state index contributed by atoms with van der Waals surface area (Å²) in [6.07, 6.45) is 0.825. The molecular weight excluding hydrogens is 264 g/mol. The number of carbonyl (C=O) groups is 1. The van der Waals surface area contributed by atoms with Crippen LogP contribution in [0.15, 0.2) is 30.3 Å². The molecule has 0 fully saturated rings. The van der Waals surface area contributed by atoms with Crippen molar-refractivity contribution in [3.63, 3.8) is 0 Å². The summed E-state index contributed by atoms with van der Waals surface area (Å²) in [6, 6.07) is 9.78.